The van der Waals surface area contributed by atoms with Crippen LogP contribution in [0.25, 0.3) is 10.1 Å². The Labute approximate surface area is 194 Å². The maximum absolute atomic E-state index is 12.6. The van der Waals surface area contributed by atoms with Crippen molar-refractivity contribution in [2.45, 2.75) is 38.3 Å². The SMILES string of the molecule is C[C@@H](OC(=O)CNC(=O)c1sc2ccccc2c1Cl)C(=O)N[C@@H]1CCCc2ccccc21. The van der Waals surface area contributed by atoms with E-state index in [0.717, 1.165) is 34.9 Å². The zero-order valence-corrected chi connectivity index (χ0v) is 19.1. The van der Waals surface area contributed by atoms with Gasteiger partial charge in [0.15, 0.2) is 6.10 Å². The third-order valence-corrected chi connectivity index (χ3v) is 7.17. The first kappa shape index (κ1) is 22.3. The molecule has 32 heavy (non-hydrogen) atoms. The summed E-state index contributed by atoms with van der Waals surface area (Å²) in [6.07, 6.45) is 1.86. The van der Waals surface area contributed by atoms with Crippen LogP contribution in [0.3, 0.4) is 0 Å². The summed E-state index contributed by atoms with van der Waals surface area (Å²) >= 11 is 7.56. The number of carbonyl (C=O) groups is 3. The van der Waals surface area contributed by atoms with E-state index in [2.05, 4.69) is 16.7 Å². The Morgan fingerprint density at radius 3 is 2.72 bits per heavy atom. The highest BCUT2D eigenvalue weighted by Gasteiger charge is 2.25. The highest BCUT2D eigenvalue weighted by Crippen LogP contribution is 2.35. The largest absolute Gasteiger partial charge is 0.451 e. The van der Waals surface area contributed by atoms with Gasteiger partial charge < -0.3 is 15.4 Å². The van der Waals surface area contributed by atoms with Gasteiger partial charge >= 0.3 is 5.97 Å². The van der Waals surface area contributed by atoms with E-state index >= 15 is 0 Å². The van der Waals surface area contributed by atoms with Crippen molar-refractivity contribution >= 4 is 50.8 Å². The lowest BCUT2D eigenvalue weighted by Crippen LogP contribution is -2.40. The van der Waals surface area contributed by atoms with E-state index in [9.17, 15) is 14.4 Å². The number of esters is 1. The van der Waals surface area contributed by atoms with Crippen LogP contribution in [0.4, 0.5) is 0 Å². The molecule has 166 valence electrons. The number of thiophene rings is 1. The third-order valence-electron chi connectivity index (χ3n) is 5.50. The number of hydrogen-bond acceptors (Lipinski definition) is 5. The van der Waals surface area contributed by atoms with Crippen molar-refractivity contribution in [3.05, 3.63) is 69.6 Å². The van der Waals surface area contributed by atoms with Gasteiger partial charge in [-0.3, -0.25) is 14.4 Å². The predicted octanol–water partition coefficient (Wildman–Crippen LogP) is 4.41. The van der Waals surface area contributed by atoms with Crippen molar-refractivity contribution in [3.63, 3.8) is 0 Å². The van der Waals surface area contributed by atoms with Gasteiger partial charge in [-0.15, -0.1) is 11.3 Å². The second-order valence-corrected chi connectivity index (χ2v) is 9.14. The number of amides is 2. The summed E-state index contributed by atoms with van der Waals surface area (Å²) in [5.41, 5.74) is 2.34. The molecule has 0 saturated heterocycles. The van der Waals surface area contributed by atoms with Crippen molar-refractivity contribution in [2.75, 3.05) is 6.54 Å². The van der Waals surface area contributed by atoms with Gasteiger partial charge in [0.2, 0.25) is 0 Å². The van der Waals surface area contributed by atoms with Gasteiger partial charge in [-0.1, -0.05) is 54.1 Å². The molecule has 1 aliphatic carbocycles. The van der Waals surface area contributed by atoms with E-state index in [-0.39, 0.29) is 18.5 Å². The van der Waals surface area contributed by atoms with Crippen molar-refractivity contribution in [3.8, 4) is 0 Å². The van der Waals surface area contributed by atoms with Gasteiger partial charge in [0.1, 0.15) is 11.4 Å². The lowest BCUT2D eigenvalue weighted by Gasteiger charge is -2.27. The maximum atomic E-state index is 12.6. The fraction of sp³-hybridized carbons (Fsp3) is 0.292. The lowest BCUT2D eigenvalue weighted by molar-refractivity contribution is -0.154. The molecule has 2 amide bonds. The normalized spacial score (nSPS) is 16.1. The number of carbonyl (C=O) groups excluding carboxylic acids is 3. The molecule has 4 rings (SSSR count). The van der Waals surface area contributed by atoms with Crippen molar-refractivity contribution in [1.29, 1.82) is 0 Å². The van der Waals surface area contributed by atoms with Gasteiger partial charge in [0.05, 0.1) is 11.1 Å². The lowest BCUT2D eigenvalue weighted by atomic mass is 9.87. The van der Waals surface area contributed by atoms with Gasteiger partial charge in [0.25, 0.3) is 11.8 Å². The quantitative estimate of drug-likeness (QED) is 0.522. The number of aryl methyl sites for hydroxylation is 1. The van der Waals surface area contributed by atoms with E-state index in [0.29, 0.717) is 9.90 Å². The third kappa shape index (κ3) is 4.79. The Bertz CT molecular complexity index is 1180. The monoisotopic (exact) mass is 470 g/mol. The summed E-state index contributed by atoms with van der Waals surface area (Å²) < 4.78 is 6.11. The van der Waals surface area contributed by atoms with E-state index < -0.39 is 18.0 Å². The van der Waals surface area contributed by atoms with E-state index in [4.69, 9.17) is 16.3 Å². The first-order chi connectivity index (χ1) is 15.4. The van der Waals surface area contributed by atoms with Crippen LogP contribution in [0.5, 0.6) is 0 Å². The molecule has 1 heterocycles. The molecule has 0 saturated carbocycles. The minimum atomic E-state index is -0.971. The van der Waals surface area contributed by atoms with Crippen LogP contribution in [-0.4, -0.2) is 30.4 Å². The molecule has 0 spiro atoms. The number of benzene rings is 2. The molecule has 0 radical (unpaired) electrons. The minimum Gasteiger partial charge on any atom is -0.451 e. The Balaban J connectivity index is 1.29. The predicted molar refractivity (Wildman–Crippen MR) is 125 cm³/mol. The molecule has 8 heteroatoms. The van der Waals surface area contributed by atoms with Crippen LogP contribution in [0.15, 0.2) is 48.5 Å². The number of ether oxygens (including phenoxy) is 1. The molecule has 0 aliphatic heterocycles. The van der Waals surface area contributed by atoms with Gasteiger partial charge in [0, 0.05) is 10.1 Å². The molecule has 0 bridgehead atoms. The zero-order chi connectivity index (χ0) is 22.7. The Morgan fingerprint density at radius 2 is 1.91 bits per heavy atom. The first-order valence-corrected chi connectivity index (χ1v) is 11.7. The number of halogens is 1. The van der Waals surface area contributed by atoms with Crippen LogP contribution in [0.1, 0.15) is 46.6 Å². The average molecular weight is 471 g/mol. The smallest absolute Gasteiger partial charge is 0.326 e. The molecule has 0 unspecified atom stereocenters. The second-order valence-electron chi connectivity index (χ2n) is 7.71. The molecule has 0 fully saturated rings. The minimum absolute atomic E-state index is 0.0941. The Kier molecular flexibility index (Phi) is 6.77. The molecule has 1 aliphatic rings. The average Bonchev–Trinajstić information content (AvgIpc) is 3.14. The summed E-state index contributed by atoms with van der Waals surface area (Å²) in [6.45, 7) is 1.17. The zero-order valence-electron chi connectivity index (χ0n) is 17.5. The van der Waals surface area contributed by atoms with Crippen LogP contribution in [-0.2, 0) is 20.7 Å². The van der Waals surface area contributed by atoms with E-state index in [1.54, 1.807) is 0 Å². The maximum Gasteiger partial charge on any atom is 0.326 e. The Morgan fingerprint density at radius 1 is 1.16 bits per heavy atom. The van der Waals surface area contributed by atoms with E-state index in [1.807, 2.05) is 42.5 Å². The molecule has 2 N–H and O–H groups in total. The van der Waals surface area contributed by atoms with Gasteiger partial charge in [-0.25, -0.2) is 0 Å². The summed E-state index contributed by atoms with van der Waals surface area (Å²) in [5, 5.41) is 6.65. The molecule has 2 aromatic carbocycles. The standard InChI is InChI=1S/C24H23ClN2O4S/c1-14(23(29)27-18-11-6-8-15-7-2-3-9-16(15)18)31-20(28)13-26-24(30)22-21(25)17-10-4-5-12-19(17)32-22/h2-5,7,9-10,12,14,18H,6,8,11,13H2,1H3,(H,26,30)(H,27,29)/t14-,18-/m1/s1. The molecular weight excluding hydrogens is 448 g/mol. The molecular formula is C24H23ClN2O4S. The topological polar surface area (TPSA) is 84.5 Å². The molecule has 1 aromatic heterocycles. The number of hydrogen-bond donors (Lipinski definition) is 2. The highest BCUT2D eigenvalue weighted by atomic mass is 35.5. The van der Waals surface area contributed by atoms with Crippen LogP contribution >= 0.6 is 22.9 Å². The van der Waals surface area contributed by atoms with Crippen LogP contribution < -0.4 is 10.6 Å². The van der Waals surface area contributed by atoms with Gasteiger partial charge in [-0.2, -0.15) is 0 Å². The second kappa shape index (κ2) is 9.71. The highest BCUT2D eigenvalue weighted by molar-refractivity contribution is 7.21. The number of nitrogens with one attached hydrogen (secondary N) is 2. The van der Waals surface area contributed by atoms with E-state index in [1.165, 1.54) is 23.8 Å². The number of rotatable bonds is 6. The van der Waals surface area contributed by atoms with Gasteiger partial charge in [-0.05, 0) is 43.4 Å². The molecule has 3 aromatic rings. The fourth-order valence-corrected chi connectivity index (χ4v) is 5.31. The summed E-state index contributed by atoms with van der Waals surface area (Å²) in [7, 11) is 0. The number of fused-ring (bicyclic) bond motifs is 2. The van der Waals surface area contributed by atoms with Crippen LogP contribution in [0, 0.1) is 0 Å². The summed E-state index contributed by atoms with van der Waals surface area (Å²) in [4.78, 5) is 37.6. The van der Waals surface area contributed by atoms with Crippen molar-refractivity contribution in [2.24, 2.45) is 0 Å². The summed E-state index contributed by atoms with van der Waals surface area (Å²) in [5.74, 6) is -1.51. The Hall–Kier alpha value is -2.90. The van der Waals surface area contributed by atoms with Crippen molar-refractivity contribution in [1.82, 2.24) is 10.6 Å². The summed E-state index contributed by atoms with van der Waals surface area (Å²) in [6, 6.07) is 15.4. The molecule has 6 nitrogen and oxygen atoms in total. The molecule has 2 atom stereocenters. The van der Waals surface area contributed by atoms with Crippen molar-refractivity contribution < 1.29 is 19.1 Å². The fourth-order valence-electron chi connectivity index (χ4n) is 3.88. The first-order valence-electron chi connectivity index (χ1n) is 10.5. The van der Waals surface area contributed by atoms with Crippen LogP contribution in [0.2, 0.25) is 5.02 Å².